The molecule has 1 aromatic heterocycles. The van der Waals surface area contributed by atoms with Crippen molar-refractivity contribution in [1.29, 1.82) is 0 Å². The standard InChI is InChI=1S/C24H24N3.HI/c1-3-26-22-16-10-11-17-23(22)27(21-14-8-5-9-15-21)24(26)18-19-25(2)20-12-6-4-7-13-20;/h4-19H,3H2,1-2H3;1H/q+1;/p-1. The van der Waals surface area contributed by atoms with Gasteiger partial charge in [0, 0.05) is 25.0 Å². The SMILES string of the molecule is CC[n+]1c(/C=C/N(C)c2ccccc2)n(-c2ccccc2)c2ccccc21.[I-]. The third-order valence-electron chi connectivity index (χ3n) is 4.86. The van der Waals surface area contributed by atoms with Crippen molar-refractivity contribution in [3.8, 4) is 5.69 Å². The summed E-state index contributed by atoms with van der Waals surface area (Å²) in [6, 6.07) is 29.5. The molecule has 0 aliphatic carbocycles. The minimum absolute atomic E-state index is 0. The molecule has 142 valence electrons. The molecule has 0 N–H and O–H groups in total. The van der Waals surface area contributed by atoms with Crippen molar-refractivity contribution in [2.45, 2.75) is 13.5 Å². The molecule has 3 nitrogen and oxygen atoms in total. The summed E-state index contributed by atoms with van der Waals surface area (Å²) < 4.78 is 4.69. The molecule has 28 heavy (non-hydrogen) atoms. The number of aromatic nitrogens is 2. The quantitative estimate of drug-likeness (QED) is 0.314. The molecule has 0 aliphatic heterocycles. The topological polar surface area (TPSA) is 12.1 Å². The molecule has 0 bridgehead atoms. The van der Waals surface area contributed by atoms with Crippen LogP contribution in [0.2, 0.25) is 0 Å². The molecule has 4 aromatic rings. The minimum atomic E-state index is 0. The number of imidazole rings is 1. The molecule has 0 fully saturated rings. The zero-order chi connectivity index (χ0) is 18.6. The van der Waals surface area contributed by atoms with Crippen molar-refractivity contribution in [1.82, 2.24) is 4.57 Å². The predicted molar refractivity (Wildman–Crippen MR) is 113 cm³/mol. The smallest absolute Gasteiger partial charge is 0.289 e. The van der Waals surface area contributed by atoms with Gasteiger partial charge in [-0.05, 0) is 43.3 Å². The number of aryl methyl sites for hydroxylation is 1. The van der Waals surface area contributed by atoms with Crippen LogP contribution in [0.25, 0.3) is 22.8 Å². The molecule has 4 rings (SSSR count). The maximum atomic E-state index is 2.36. The van der Waals surface area contributed by atoms with E-state index >= 15 is 0 Å². The van der Waals surface area contributed by atoms with Crippen LogP contribution in [0.1, 0.15) is 12.7 Å². The van der Waals surface area contributed by atoms with Gasteiger partial charge < -0.3 is 28.9 Å². The highest BCUT2D eigenvalue weighted by molar-refractivity contribution is 5.76. The lowest BCUT2D eigenvalue weighted by molar-refractivity contribution is -0.670. The van der Waals surface area contributed by atoms with Gasteiger partial charge in [-0.15, -0.1) is 0 Å². The van der Waals surface area contributed by atoms with Crippen molar-refractivity contribution in [2.24, 2.45) is 0 Å². The van der Waals surface area contributed by atoms with Crippen LogP contribution >= 0.6 is 0 Å². The monoisotopic (exact) mass is 481 g/mol. The first-order chi connectivity index (χ1) is 13.3. The minimum Gasteiger partial charge on any atom is -1.00 e. The number of benzene rings is 3. The molecule has 0 radical (unpaired) electrons. The number of fused-ring (bicyclic) bond motifs is 1. The second kappa shape index (κ2) is 9.06. The summed E-state index contributed by atoms with van der Waals surface area (Å²) in [4.78, 5) is 2.15. The summed E-state index contributed by atoms with van der Waals surface area (Å²) in [5.41, 5.74) is 4.79. The highest BCUT2D eigenvalue weighted by atomic mass is 127. The third kappa shape index (κ3) is 3.83. The predicted octanol–water partition coefficient (Wildman–Crippen LogP) is 2.05. The van der Waals surface area contributed by atoms with E-state index in [0.29, 0.717) is 0 Å². The van der Waals surface area contributed by atoms with E-state index in [9.17, 15) is 0 Å². The number of nitrogens with zero attached hydrogens (tertiary/aromatic N) is 3. The van der Waals surface area contributed by atoms with E-state index < -0.39 is 0 Å². The molecule has 0 atom stereocenters. The molecule has 0 saturated carbocycles. The lowest BCUT2D eigenvalue weighted by Crippen LogP contribution is -3.00. The summed E-state index contributed by atoms with van der Waals surface area (Å²) in [6.07, 6.45) is 4.33. The van der Waals surface area contributed by atoms with Crippen molar-refractivity contribution < 1.29 is 28.5 Å². The van der Waals surface area contributed by atoms with Crippen LogP contribution in [0.3, 0.4) is 0 Å². The Labute approximate surface area is 183 Å². The van der Waals surface area contributed by atoms with Gasteiger partial charge in [0.05, 0.1) is 6.54 Å². The van der Waals surface area contributed by atoms with Crippen molar-refractivity contribution in [2.75, 3.05) is 11.9 Å². The Morgan fingerprint density at radius 3 is 2.14 bits per heavy atom. The third-order valence-corrected chi connectivity index (χ3v) is 4.86. The van der Waals surface area contributed by atoms with E-state index in [0.717, 1.165) is 12.4 Å². The molecule has 0 amide bonds. The maximum absolute atomic E-state index is 2.36. The average molecular weight is 481 g/mol. The molecule has 0 unspecified atom stereocenters. The van der Waals surface area contributed by atoms with Gasteiger partial charge in [0.2, 0.25) is 0 Å². The first-order valence-corrected chi connectivity index (χ1v) is 9.34. The first kappa shape index (κ1) is 20.1. The molecule has 1 heterocycles. The van der Waals surface area contributed by atoms with Gasteiger partial charge in [0.15, 0.2) is 11.0 Å². The summed E-state index contributed by atoms with van der Waals surface area (Å²) in [5.74, 6) is 1.16. The molecule has 0 spiro atoms. The Bertz CT molecular complexity index is 1070. The van der Waals surface area contributed by atoms with Crippen molar-refractivity contribution in [3.05, 3.63) is 97.0 Å². The largest absolute Gasteiger partial charge is 1.00 e. The summed E-state index contributed by atoms with van der Waals surface area (Å²) in [6.45, 7) is 3.11. The average Bonchev–Trinajstić information content (AvgIpc) is 3.06. The second-order valence-electron chi connectivity index (χ2n) is 6.52. The maximum Gasteiger partial charge on any atom is 0.289 e. The zero-order valence-electron chi connectivity index (χ0n) is 16.2. The molecule has 4 heteroatoms. The Morgan fingerprint density at radius 1 is 0.857 bits per heavy atom. The summed E-state index contributed by atoms with van der Waals surface area (Å²) in [5, 5.41) is 0. The first-order valence-electron chi connectivity index (χ1n) is 9.34. The fourth-order valence-corrected chi connectivity index (χ4v) is 3.52. The van der Waals surface area contributed by atoms with E-state index in [1.165, 1.54) is 22.4 Å². The molecule has 0 saturated heterocycles. The van der Waals surface area contributed by atoms with Gasteiger partial charge in [-0.2, -0.15) is 4.57 Å². The van der Waals surface area contributed by atoms with Crippen LogP contribution in [0.5, 0.6) is 0 Å². The van der Waals surface area contributed by atoms with Gasteiger partial charge in [0.25, 0.3) is 5.82 Å². The Morgan fingerprint density at radius 2 is 1.46 bits per heavy atom. The van der Waals surface area contributed by atoms with E-state index in [4.69, 9.17) is 0 Å². The molecule has 0 aliphatic rings. The van der Waals surface area contributed by atoms with Crippen LogP contribution in [-0.4, -0.2) is 11.6 Å². The molecular formula is C24H24IN3. The van der Waals surface area contributed by atoms with E-state index in [1.54, 1.807) is 0 Å². The Hall–Kier alpha value is -2.60. The molecule has 3 aromatic carbocycles. The van der Waals surface area contributed by atoms with Crippen LogP contribution < -0.4 is 33.4 Å². The molecular weight excluding hydrogens is 457 g/mol. The van der Waals surface area contributed by atoms with Crippen LogP contribution in [0, 0.1) is 0 Å². The lowest BCUT2D eigenvalue weighted by atomic mass is 10.2. The number of hydrogen-bond acceptors (Lipinski definition) is 1. The number of halogens is 1. The van der Waals surface area contributed by atoms with Gasteiger partial charge in [-0.25, -0.2) is 4.57 Å². The Balaban J connectivity index is 0.00000225. The summed E-state index contributed by atoms with van der Waals surface area (Å²) in [7, 11) is 2.08. The lowest BCUT2D eigenvalue weighted by Gasteiger charge is -2.13. The summed E-state index contributed by atoms with van der Waals surface area (Å²) >= 11 is 0. The normalized spacial score (nSPS) is 10.9. The van der Waals surface area contributed by atoms with Crippen LogP contribution in [0.4, 0.5) is 5.69 Å². The fourth-order valence-electron chi connectivity index (χ4n) is 3.52. The van der Waals surface area contributed by atoms with Crippen molar-refractivity contribution >= 4 is 22.8 Å². The van der Waals surface area contributed by atoms with Crippen LogP contribution in [0.15, 0.2) is 91.1 Å². The van der Waals surface area contributed by atoms with Gasteiger partial charge in [-0.3, -0.25) is 0 Å². The van der Waals surface area contributed by atoms with Gasteiger partial charge >= 0.3 is 0 Å². The second-order valence-corrected chi connectivity index (χ2v) is 6.52. The fraction of sp³-hybridized carbons (Fsp3) is 0.125. The zero-order valence-corrected chi connectivity index (χ0v) is 18.3. The van der Waals surface area contributed by atoms with E-state index in [-0.39, 0.29) is 24.0 Å². The van der Waals surface area contributed by atoms with Gasteiger partial charge in [0.1, 0.15) is 5.69 Å². The number of anilines is 1. The van der Waals surface area contributed by atoms with E-state index in [1.807, 2.05) is 6.07 Å². The van der Waals surface area contributed by atoms with Crippen molar-refractivity contribution in [3.63, 3.8) is 0 Å². The van der Waals surface area contributed by atoms with E-state index in [2.05, 4.69) is 119 Å². The number of hydrogen-bond donors (Lipinski definition) is 0. The number of rotatable bonds is 5. The van der Waals surface area contributed by atoms with Gasteiger partial charge in [-0.1, -0.05) is 48.5 Å². The Kier molecular flexibility index (Phi) is 6.52. The van der Waals surface area contributed by atoms with Crippen LogP contribution in [-0.2, 0) is 6.54 Å². The number of para-hydroxylation sites is 4. The highest BCUT2D eigenvalue weighted by Gasteiger charge is 2.23. The highest BCUT2D eigenvalue weighted by Crippen LogP contribution is 2.22.